The molecule has 134 valence electrons. The van der Waals surface area contributed by atoms with Crippen LogP contribution in [0.5, 0.6) is 11.5 Å². The summed E-state index contributed by atoms with van der Waals surface area (Å²) in [6.07, 6.45) is 3.18. The van der Waals surface area contributed by atoms with Gasteiger partial charge in [0.2, 0.25) is 0 Å². The Bertz CT molecular complexity index is 1200. The van der Waals surface area contributed by atoms with Crippen molar-refractivity contribution in [3.63, 3.8) is 0 Å². The largest absolute Gasteiger partial charge is 0.508 e. The maximum Gasteiger partial charge on any atom is 0.189 e. The van der Waals surface area contributed by atoms with Crippen molar-refractivity contribution in [2.45, 2.75) is 13.5 Å². The number of carbonyl (C=O) groups is 1. The molecule has 3 aromatic carbocycles. The minimum Gasteiger partial charge on any atom is -0.508 e. The molecular weight excluding hydrogens is 338 g/mol. The zero-order valence-corrected chi connectivity index (χ0v) is 14.9. The van der Waals surface area contributed by atoms with E-state index in [0.29, 0.717) is 0 Å². The number of carbonyl (C=O) groups excluding carboxylic acids is 1. The van der Waals surface area contributed by atoms with E-state index in [0.717, 1.165) is 23.6 Å². The van der Waals surface area contributed by atoms with Crippen molar-refractivity contribution in [1.29, 1.82) is 0 Å². The van der Waals surface area contributed by atoms with Crippen LogP contribution in [0.3, 0.4) is 0 Å². The maximum absolute atomic E-state index is 12.3. The number of rotatable bonds is 4. The first-order chi connectivity index (χ1) is 13.1. The fourth-order valence-electron chi connectivity index (χ4n) is 3.51. The standard InChI is InChI=1S/C23H19NO3/c1-2-24-20-6-4-3-5-17(20)19-13-15(7-11-21(19)24)8-12-22(26)18-10-9-16(25)14-23(18)27/h3-14,25,27H,2H2,1H3/b12-8+. The fraction of sp³-hybridized carbons (Fsp3) is 0.0870. The zero-order chi connectivity index (χ0) is 19.0. The van der Waals surface area contributed by atoms with Gasteiger partial charge in [0, 0.05) is 34.4 Å². The van der Waals surface area contributed by atoms with Gasteiger partial charge in [-0.3, -0.25) is 4.79 Å². The third-order valence-electron chi connectivity index (χ3n) is 4.79. The Morgan fingerprint density at radius 1 is 0.963 bits per heavy atom. The van der Waals surface area contributed by atoms with Crippen LogP contribution in [0, 0.1) is 0 Å². The number of nitrogens with zero attached hydrogens (tertiary/aromatic N) is 1. The topological polar surface area (TPSA) is 62.5 Å². The number of hydrogen-bond donors (Lipinski definition) is 2. The van der Waals surface area contributed by atoms with Gasteiger partial charge in [-0.05, 0) is 48.9 Å². The van der Waals surface area contributed by atoms with Crippen LogP contribution < -0.4 is 0 Å². The van der Waals surface area contributed by atoms with Crippen molar-refractivity contribution in [2.75, 3.05) is 0 Å². The van der Waals surface area contributed by atoms with Gasteiger partial charge < -0.3 is 14.8 Å². The highest BCUT2D eigenvalue weighted by Gasteiger charge is 2.10. The number of fused-ring (bicyclic) bond motifs is 3. The molecular formula is C23H19NO3. The van der Waals surface area contributed by atoms with Crippen LogP contribution in [0.25, 0.3) is 27.9 Å². The highest BCUT2D eigenvalue weighted by molar-refractivity contribution is 6.10. The van der Waals surface area contributed by atoms with Gasteiger partial charge in [0.1, 0.15) is 11.5 Å². The number of aryl methyl sites for hydroxylation is 1. The average molecular weight is 357 g/mol. The fourth-order valence-corrected chi connectivity index (χ4v) is 3.51. The van der Waals surface area contributed by atoms with E-state index in [4.69, 9.17) is 0 Å². The molecule has 0 atom stereocenters. The summed E-state index contributed by atoms with van der Waals surface area (Å²) in [5.41, 5.74) is 3.43. The van der Waals surface area contributed by atoms with E-state index < -0.39 is 0 Å². The minimum absolute atomic E-state index is 0.0780. The normalized spacial score (nSPS) is 11.6. The van der Waals surface area contributed by atoms with Crippen molar-refractivity contribution in [1.82, 2.24) is 4.57 Å². The molecule has 4 aromatic rings. The van der Waals surface area contributed by atoms with E-state index in [-0.39, 0.29) is 22.8 Å². The Labute approximate surface area is 156 Å². The van der Waals surface area contributed by atoms with Crippen molar-refractivity contribution in [2.24, 2.45) is 0 Å². The number of allylic oxidation sites excluding steroid dienone is 1. The van der Waals surface area contributed by atoms with Crippen LogP contribution in [0.15, 0.2) is 66.7 Å². The van der Waals surface area contributed by atoms with Gasteiger partial charge in [-0.2, -0.15) is 0 Å². The number of aromatic nitrogens is 1. The number of phenolic OH excluding ortho intramolecular Hbond substituents is 2. The van der Waals surface area contributed by atoms with Crippen molar-refractivity contribution >= 4 is 33.7 Å². The van der Waals surface area contributed by atoms with Crippen LogP contribution >= 0.6 is 0 Å². The van der Waals surface area contributed by atoms with Gasteiger partial charge in [-0.15, -0.1) is 0 Å². The first-order valence-electron chi connectivity index (χ1n) is 8.84. The summed E-state index contributed by atoms with van der Waals surface area (Å²) >= 11 is 0. The van der Waals surface area contributed by atoms with Gasteiger partial charge in [0.15, 0.2) is 5.78 Å². The van der Waals surface area contributed by atoms with Crippen molar-refractivity contribution in [3.8, 4) is 11.5 Å². The Morgan fingerprint density at radius 2 is 1.74 bits per heavy atom. The van der Waals surface area contributed by atoms with E-state index in [1.807, 2.05) is 18.2 Å². The number of aromatic hydroxyl groups is 2. The Morgan fingerprint density at radius 3 is 2.52 bits per heavy atom. The minimum atomic E-state index is -0.316. The summed E-state index contributed by atoms with van der Waals surface area (Å²) in [5.74, 6) is -0.625. The first kappa shape index (κ1) is 16.9. The summed E-state index contributed by atoms with van der Waals surface area (Å²) in [7, 11) is 0. The van der Waals surface area contributed by atoms with E-state index >= 15 is 0 Å². The summed E-state index contributed by atoms with van der Waals surface area (Å²) in [6, 6.07) is 18.4. The summed E-state index contributed by atoms with van der Waals surface area (Å²) in [4.78, 5) is 12.3. The molecule has 0 radical (unpaired) electrons. The van der Waals surface area contributed by atoms with Gasteiger partial charge in [-0.25, -0.2) is 0 Å². The third-order valence-corrected chi connectivity index (χ3v) is 4.79. The summed E-state index contributed by atoms with van der Waals surface area (Å²) in [5, 5.41) is 21.5. The quantitative estimate of drug-likeness (QED) is 0.393. The molecule has 4 rings (SSSR count). The van der Waals surface area contributed by atoms with Crippen molar-refractivity contribution in [3.05, 3.63) is 77.9 Å². The van der Waals surface area contributed by atoms with Crippen LogP contribution in [-0.2, 0) is 6.54 Å². The summed E-state index contributed by atoms with van der Waals surface area (Å²) < 4.78 is 2.28. The second-order valence-corrected chi connectivity index (χ2v) is 6.44. The first-order valence-corrected chi connectivity index (χ1v) is 8.84. The number of para-hydroxylation sites is 1. The maximum atomic E-state index is 12.3. The third kappa shape index (κ3) is 2.95. The zero-order valence-electron chi connectivity index (χ0n) is 14.9. The van der Waals surface area contributed by atoms with Gasteiger partial charge in [-0.1, -0.05) is 30.3 Å². The van der Waals surface area contributed by atoms with Crippen LogP contribution in [0.4, 0.5) is 0 Å². The molecule has 0 aliphatic heterocycles. The lowest BCUT2D eigenvalue weighted by atomic mass is 10.1. The highest BCUT2D eigenvalue weighted by Crippen LogP contribution is 2.30. The molecule has 1 heterocycles. The lowest BCUT2D eigenvalue weighted by Crippen LogP contribution is -1.94. The van der Waals surface area contributed by atoms with E-state index in [1.165, 1.54) is 34.6 Å². The lowest BCUT2D eigenvalue weighted by Gasteiger charge is -2.03. The SMILES string of the molecule is CCn1c2ccccc2c2cc(/C=C/C(=O)c3ccc(O)cc3O)ccc21. The predicted octanol–water partition coefficient (Wildman–Crippen LogP) is 5.12. The molecule has 4 heteroatoms. The number of ketones is 1. The van der Waals surface area contributed by atoms with E-state index in [9.17, 15) is 15.0 Å². The van der Waals surface area contributed by atoms with E-state index in [2.05, 4.69) is 35.8 Å². The molecule has 0 amide bonds. The second-order valence-electron chi connectivity index (χ2n) is 6.44. The molecule has 4 nitrogen and oxygen atoms in total. The molecule has 0 bridgehead atoms. The molecule has 0 saturated carbocycles. The smallest absolute Gasteiger partial charge is 0.189 e. The molecule has 0 spiro atoms. The van der Waals surface area contributed by atoms with Crippen LogP contribution in [0.2, 0.25) is 0 Å². The second kappa shape index (κ2) is 6.65. The Hall–Kier alpha value is -3.53. The Kier molecular flexibility index (Phi) is 4.16. The van der Waals surface area contributed by atoms with Gasteiger partial charge in [0.25, 0.3) is 0 Å². The molecule has 0 aliphatic rings. The Balaban J connectivity index is 1.73. The molecule has 0 aliphatic carbocycles. The lowest BCUT2D eigenvalue weighted by molar-refractivity contribution is 0.104. The number of phenols is 2. The molecule has 0 saturated heterocycles. The number of hydrogen-bond acceptors (Lipinski definition) is 3. The summed E-state index contributed by atoms with van der Waals surface area (Å²) in [6.45, 7) is 3.01. The van der Waals surface area contributed by atoms with Crippen LogP contribution in [0.1, 0.15) is 22.8 Å². The van der Waals surface area contributed by atoms with Crippen LogP contribution in [-0.4, -0.2) is 20.6 Å². The molecule has 27 heavy (non-hydrogen) atoms. The molecule has 2 N–H and O–H groups in total. The van der Waals surface area contributed by atoms with E-state index in [1.54, 1.807) is 6.08 Å². The molecule has 0 fully saturated rings. The molecule has 1 aromatic heterocycles. The van der Waals surface area contributed by atoms with Gasteiger partial charge in [0.05, 0.1) is 5.56 Å². The molecule has 0 unspecified atom stereocenters. The average Bonchev–Trinajstić information content (AvgIpc) is 2.99. The predicted molar refractivity (Wildman–Crippen MR) is 108 cm³/mol. The monoisotopic (exact) mass is 357 g/mol. The van der Waals surface area contributed by atoms with Gasteiger partial charge >= 0.3 is 0 Å². The number of benzene rings is 3. The van der Waals surface area contributed by atoms with Crippen molar-refractivity contribution < 1.29 is 15.0 Å². The highest BCUT2D eigenvalue weighted by atomic mass is 16.3.